The van der Waals surface area contributed by atoms with Crippen molar-refractivity contribution < 1.29 is 14.3 Å². The average Bonchev–Trinajstić information content (AvgIpc) is 2.72. The van der Waals surface area contributed by atoms with E-state index in [0.717, 1.165) is 0 Å². The summed E-state index contributed by atoms with van der Waals surface area (Å²) < 4.78 is 6.33. The maximum Gasteiger partial charge on any atom is 0.339 e. The number of thioether (sulfide) groups is 1. The third-order valence-corrected chi connectivity index (χ3v) is 5.18. The molecule has 0 atom stereocenters. The molecule has 1 heterocycles. The van der Waals surface area contributed by atoms with Gasteiger partial charge in [-0.3, -0.25) is 14.2 Å². The molecule has 7 nitrogen and oxygen atoms in total. The Labute approximate surface area is 172 Å². The minimum Gasteiger partial charge on any atom is -0.465 e. The van der Waals surface area contributed by atoms with Crippen molar-refractivity contribution in [2.75, 3.05) is 18.2 Å². The van der Waals surface area contributed by atoms with Crippen molar-refractivity contribution in [3.63, 3.8) is 0 Å². The first-order chi connectivity index (χ1) is 13.9. The molecule has 0 radical (unpaired) electrons. The number of anilines is 1. The van der Waals surface area contributed by atoms with Gasteiger partial charge in [-0.1, -0.05) is 36.0 Å². The summed E-state index contributed by atoms with van der Waals surface area (Å²) in [7, 11) is 1.29. The molecule has 1 N–H and O–H groups in total. The summed E-state index contributed by atoms with van der Waals surface area (Å²) in [6, 6.07) is 13.7. The fourth-order valence-electron chi connectivity index (χ4n) is 2.88. The van der Waals surface area contributed by atoms with E-state index in [0.29, 0.717) is 21.7 Å². The Kier molecular flexibility index (Phi) is 6.33. The monoisotopic (exact) mass is 411 g/mol. The lowest BCUT2D eigenvalue weighted by atomic mass is 10.2. The lowest BCUT2D eigenvalue weighted by Gasteiger charge is -2.16. The van der Waals surface area contributed by atoms with Crippen molar-refractivity contribution in [2.24, 2.45) is 0 Å². The van der Waals surface area contributed by atoms with Gasteiger partial charge in [0.2, 0.25) is 5.91 Å². The second-order valence-electron chi connectivity index (χ2n) is 6.55. The van der Waals surface area contributed by atoms with Gasteiger partial charge >= 0.3 is 5.97 Å². The molecule has 29 heavy (non-hydrogen) atoms. The van der Waals surface area contributed by atoms with E-state index in [2.05, 4.69) is 10.3 Å². The van der Waals surface area contributed by atoms with Gasteiger partial charge in [0.05, 0.1) is 35.0 Å². The minimum absolute atomic E-state index is 0.0347. The summed E-state index contributed by atoms with van der Waals surface area (Å²) in [6.45, 7) is 3.79. The van der Waals surface area contributed by atoms with Crippen molar-refractivity contribution >= 4 is 40.2 Å². The first-order valence-corrected chi connectivity index (χ1v) is 10.0. The van der Waals surface area contributed by atoms with Crippen LogP contribution in [0.25, 0.3) is 10.9 Å². The second kappa shape index (κ2) is 8.91. The molecule has 0 aliphatic rings. The Morgan fingerprint density at radius 3 is 2.55 bits per heavy atom. The van der Waals surface area contributed by atoms with Crippen molar-refractivity contribution in [3.05, 3.63) is 64.4 Å². The van der Waals surface area contributed by atoms with Crippen LogP contribution in [0.5, 0.6) is 0 Å². The zero-order valence-electron chi connectivity index (χ0n) is 16.3. The van der Waals surface area contributed by atoms with Crippen LogP contribution in [0.1, 0.15) is 30.2 Å². The first-order valence-electron chi connectivity index (χ1n) is 9.03. The number of ether oxygens (including phenoxy) is 1. The molecular weight excluding hydrogens is 390 g/mol. The number of amides is 1. The summed E-state index contributed by atoms with van der Waals surface area (Å²) >= 11 is 1.18. The molecule has 0 saturated carbocycles. The van der Waals surface area contributed by atoms with E-state index in [1.807, 2.05) is 19.9 Å². The quantitative estimate of drug-likeness (QED) is 0.379. The molecule has 8 heteroatoms. The maximum absolute atomic E-state index is 12.8. The summed E-state index contributed by atoms with van der Waals surface area (Å²) in [5, 5.41) is 3.74. The lowest BCUT2D eigenvalue weighted by Crippen LogP contribution is -2.25. The summed E-state index contributed by atoms with van der Waals surface area (Å²) in [6.07, 6.45) is 0. The number of nitrogens with one attached hydrogen (secondary N) is 1. The molecule has 1 amide bonds. The number of hydrogen-bond acceptors (Lipinski definition) is 6. The summed E-state index contributed by atoms with van der Waals surface area (Å²) in [5.74, 6) is -0.810. The molecule has 150 valence electrons. The number of carbonyl (C=O) groups excluding carboxylic acids is 2. The van der Waals surface area contributed by atoms with E-state index < -0.39 is 5.97 Å². The van der Waals surface area contributed by atoms with Crippen molar-refractivity contribution in [1.29, 1.82) is 0 Å². The first kappa shape index (κ1) is 20.6. The van der Waals surface area contributed by atoms with E-state index in [-0.39, 0.29) is 28.8 Å². The van der Waals surface area contributed by atoms with Crippen molar-refractivity contribution in [1.82, 2.24) is 9.55 Å². The fourth-order valence-corrected chi connectivity index (χ4v) is 3.81. The second-order valence-corrected chi connectivity index (χ2v) is 7.50. The molecule has 0 saturated heterocycles. The largest absolute Gasteiger partial charge is 0.465 e. The van der Waals surface area contributed by atoms with Gasteiger partial charge in [0.15, 0.2) is 5.16 Å². The molecule has 0 spiro atoms. The van der Waals surface area contributed by atoms with E-state index in [1.165, 1.54) is 18.9 Å². The number of hydrogen-bond donors (Lipinski definition) is 1. The highest BCUT2D eigenvalue weighted by Gasteiger charge is 2.17. The SMILES string of the molecule is COC(=O)c1ccccc1NC(=O)CSc1nc2ccccc2c(=O)n1C(C)C. The Morgan fingerprint density at radius 1 is 1.14 bits per heavy atom. The smallest absolute Gasteiger partial charge is 0.339 e. The molecule has 3 aromatic rings. The zero-order valence-corrected chi connectivity index (χ0v) is 17.2. The Bertz CT molecular complexity index is 1120. The van der Waals surface area contributed by atoms with Crippen LogP contribution >= 0.6 is 11.8 Å². The van der Waals surface area contributed by atoms with Crippen LogP contribution in [0.15, 0.2) is 58.5 Å². The van der Waals surface area contributed by atoms with E-state index in [9.17, 15) is 14.4 Å². The van der Waals surface area contributed by atoms with Gasteiger partial charge in [-0.15, -0.1) is 0 Å². The van der Waals surface area contributed by atoms with Gasteiger partial charge in [0.1, 0.15) is 0 Å². The molecule has 1 aromatic heterocycles. The average molecular weight is 411 g/mol. The molecule has 0 aliphatic carbocycles. The van der Waals surface area contributed by atoms with Crippen LogP contribution in [-0.4, -0.2) is 34.3 Å². The normalized spacial score (nSPS) is 10.9. The number of benzene rings is 2. The van der Waals surface area contributed by atoms with E-state index in [1.54, 1.807) is 47.0 Å². The zero-order chi connectivity index (χ0) is 21.0. The highest BCUT2D eigenvalue weighted by molar-refractivity contribution is 7.99. The third-order valence-electron chi connectivity index (χ3n) is 4.23. The standard InChI is InChI=1S/C21H21N3O4S/c1-13(2)24-19(26)14-8-4-6-10-16(14)23-21(24)29-12-18(25)22-17-11-7-5-9-15(17)20(27)28-3/h4-11,13H,12H2,1-3H3,(H,22,25). The summed E-state index contributed by atoms with van der Waals surface area (Å²) in [4.78, 5) is 41.7. The maximum atomic E-state index is 12.8. The number of rotatable bonds is 6. The van der Waals surface area contributed by atoms with Crippen molar-refractivity contribution in [3.8, 4) is 0 Å². The number of methoxy groups -OCH3 is 1. The number of esters is 1. The highest BCUT2D eigenvalue weighted by Crippen LogP contribution is 2.22. The van der Waals surface area contributed by atoms with Crippen molar-refractivity contribution in [2.45, 2.75) is 25.0 Å². The van der Waals surface area contributed by atoms with Crippen LogP contribution in [-0.2, 0) is 9.53 Å². The minimum atomic E-state index is -0.529. The lowest BCUT2D eigenvalue weighted by molar-refractivity contribution is -0.113. The molecule has 0 fully saturated rings. The molecule has 3 rings (SSSR count). The van der Waals surface area contributed by atoms with Gasteiger partial charge in [-0.25, -0.2) is 9.78 Å². The van der Waals surface area contributed by atoms with Crippen LogP contribution in [0, 0.1) is 0 Å². The molecule has 0 aliphatic heterocycles. The third kappa shape index (κ3) is 4.48. The van der Waals surface area contributed by atoms with Crippen LogP contribution in [0.4, 0.5) is 5.69 Å². The predicted octanol–water partition coefficient (Wildman–Crippen LogP) is 3.49. The van der Waals surface area contributed by atoms with E-state index in [4.69, 9.17) is 4.74 Å². The number of para-hydroxylation sites is 2. The molecule has 2 aromatic carbocycles. The number of nitrogens with zero attached hydrogens (tertiary/aromatic N) is 2. The number of carbonyl (C=O) groups is 2. The molecule has 0 bridgehead atoms. The molecule has 0 unspecified atom stereocenters. The van der Waals surface area contributed by atoms with Crippen LogP contribution in [0.3, 0.4) is 0 Å². The fraction of sp³-hybridized carbons (Fsp3) is 0.238. The number of fused-ring (bicyclic) bond motifs is 1. The Morgan fingerprint density at radius 2 is 1.83 bits per heavy atom. The topological polar surface area (TPSA) is 90.3 Å². The van der Waals surface area contributed by atoms with Crippen LogP contribution in [0.2, 0.25) is 0 Å². The van der Waals surface area contributed by atoms with Gasteiger partial charge in [-0.2, -0.15) is 0 Å². The Balaban J connectivity index is 1.83. The van der Waals surface area contributed by atoms with E-state index >= 15 is 0 Å². The molecular formula is C21H21N3O4S. The van der Waals surface area contributed by atoms with Gasteiger partial charge in [-0.05, 0) is 38.1 Å². The highest BCUT2D eigenvalue weighted by atomic mass is 32.2. The Hall–Kier alpha value is -3.13. The van der Waals surface area contributed by atoms with Gasteiger partial charge in [0, 0.05) is 6.04 Å². The van der Waals surface area contributed by atoms with Gasteiger partial charge in [0.25, 0.3) is 5.56 Å². The summed E-state index contributed by atoms with van der Waals surface area (Å²) in [5.41, 5.74) is 1.10. The van der Waals surface area contributed by atoms with Crippen LogP contribution < -0.4 is 10.9 Å². The predicted molar refractivity (Wildman–Crippen MR) is 114 cm³/mol. The number of aromatic nitrogens is 2. The van der Waals surface area contributed by atoms with Gasteiger partial charge < -0.3 is 10.1 Å².